The summed E-state index contributed by atoms with van der Waals surface area (Å²) in [5.41, 5.74) is 0.279. The molecule has 0 aromatic heterocycles. The Morgan fingerprint density at radius 3 is 2.47 bits per heavy atom. The molecule has 1 aromatic carbocycles. The first-order valence-electron chi connectivity index (χ1n) is 6.66. The molecule has 1 aliphatic rings. The summed E-state index contributed by atoms with van der Waals surface area (Å²) in [6.07, 6.45) is 3.52. The summed E-state index contributed by atoms with van der Waals surface area (Å²) in [6.45, 7) is 4.31. The van der Waals surface area contributed by atoms with Crippen LogP contribution in [0.1, 0.15) is 45.1 Å². The molecule has 0 amide bonds. The van der Waals surface area contributed by atoms with Crippen molar-refractivity contribution in [1.29, 1.82) is 0 Å². The van der Waals surface area contributed by atoms with Crippen molar-refractivity contribution < 1.29 is 9.90 Å². The largest absolute Gasteiger partial charge is 0.481 e. The minimum atomic E-state index is -0.679. The molecule has 0 bridgehead atoms. The molecule has 0 spiro atoms. The third kappa shape index (κ3) is 3.00. The highest BCUT2D eigenvalue weighted by atomic mass is 79.9. The number of aliphatic carboxylic acids is 1. The molecule has 1 N–H and O–H groups in total. The van der Waals surface area contributed by atoms with Crippen molar-refractivity contribution >= 4 is 33.7 Å². The van der Waals surface area contributed by atoms with E-state index in [9.17, 15) is 9.90 Å². The topological polar surface area (TPSA) is 37.3 Å². The zero-order valence-electron chi connectivity index (χ0n) is 11.3. The summed E-state index contributed by atoms with van der Waals surface area (Å²) in [7, 11) is 0. The van der Waals surface area contributed by atoms with Gasteiger partial charge in [0.25, 0.3) is 0 Å². The van der Waals surface area contributed by atoms with Gasteiger partial charge < -0.3 is 5.11 Å². The molecule has 1 saturated carbocycles. The Bertz CT molecular complexity index is 479. The fraction of sp³-hybridized carbons (Fsp3) is 0.533. The van der Waals surface area contributed by atoms with E-state index in [1.165, 1.54) is 4.90 Å². The number of halogens is 1. The van der Waals surface area contributed by atoms with Gasteiger partial charge in [-0.15, -0.1) is 11.8 Å². The summed E-state index contributed by atoms with van der Waals surface area (Å²) in [5, 5.41) is 10.1. The highest BCUT2D eigenvalue weighted by molar-refractivity contribution is 9.10. The van der Waals surface area contributed by atoms with E-state index in [4.69, 9.17) is 0 Å². The zero-order chi connectivity index (χ0) is 14.0. The maximum Gasteiger partial charge on any atom is 0.314 e. The Hall–Kier alpha value is -0.480. The van der Waals surface area contributed by atoms with Crippen LogP contribution in [0.15, 0.2) is 27.6 Å². The Balaban J connectivity index is 2.35. The van der Waals surface area contributed by atoms with Crippen LogP contribution < -0.4 is 0 Å². The van der Waals surface area contributed by atoms with Crippen LogP contribution in [0.5, 0.6) is 0 Å². The average molecular weight is 343 g/mol. The molecule has 0 atom stereocenters. The van der Waals surface area contributed by atoms with Crippen LogP contribution in [0, 0.1) is 0 Å². The molecular weight excluding hydrogens is 324 g/mol. The number of carboxylic acid groups (broad SMARTS) is 1. The number of benzene rings is 1. The van der Waals surface area contributed by atoms with E-state index < -0.39 is 11.4 Å². The van der Waals surface area contributed by atoms with Crippen molar-refractivity contribution in [1.82, 2.24) is 0 Å². The summed E-state index contributed by atoms with van der Waals surface area (Å²) in [6, 6.07) is 6.05. The van der Waals surface area contributed by atoms with Crippen LogP contribution in [0.25, 0.3) is 0 Å². The minimum absolute atomic E-state index is 0.516. The number of rotatable bonds is 4. The molecule has 4 heteroatoms. The molecule has 0 unspecified atom stereocenters. The van der Waals surface area contributed by atoms with Crippen molar-refractivity contribution in [3.05, 3.63) is 28.2 Å². The predicted molar refractivity (Wildman–Crippen MR) is 82.9 cm³/mol. The lowest BCUT2D eigenvalue weighted by Crippen LogP contribution is -2.32. The maximum atomic E-state index is 11.7. The molecule has 1 fully saturated rings. The van der Waals surface area contributed by atoms with Gasteiger partial charge in [-0.2, -0.15) is 0 Å². The SMILES string of the molecule is CC(C)Sc1ccc(C2(C(=O)O)CCCC2)cc1Br. The summed E-state index contributed by atoms with van der Waals surface area (Å²) in [4.78, 5) is 12.9. The Morgan fingerprint density at radius 1 is 1.37 bits per heavy atom. The van der Waals surface area contributed by atoms with Gasteiger partial charge in [-0.3, -0.25) is 4.79 Å². The van der Waals surface area contributed by atoms with E-state index in [0.29, 0.717) is 5.25 Å². The average Bonchev–Trinajstić information content (AvgIpc) is 2.81. The zero-order valence-corrected chi connectivity index (χ0v) is 13.7. The first-order valence-corrected chi connectivity index (χ1v) is 8.33. The van der Waals surface area contributed by atoms with E-state index in [1.54, 1.807) is 11.8 Å². The Kier molecular flexibility index (Phi) is 4.62. The van der Waals surface area contributed by atoms with Gasteiger partial charge in [0.2, 0.25) is 0 Å². The van der Waals surface area contributed by atoms with Gasteiger partial charge in [-0.25, -0.2) is 0 Å². The fourth-order valence-corrected chi connectivity index (χ4v) is 4.24. The molecule has 2 nitrogen and oxygen atoms in total. The maximum absolute atomic E-state index is 11.7. The molecule has 0 heterocycles. The first kappa shape index (κ1) is 14.9. The third-order valence-electron chi connectivity index (χ3n) is 3.71. The predicted octanol–water partition coefficient (Wildman–Crippen LogP) is 4.85. The third-order valence-corrected chi connectivity index (χ3v) is 5.71. The lowest BCUT2D eigenvalue weighted by atomic mass is 9.79. The molecule has 0 radical (unpaired) electrons. The second kappa shape index (κ2) is 5.88. The fourth-order valence-electron chi connectivity index (χ4n) is 2.75. The van der Waals surface area contributed by atoms with Crippen molar-refractivity contribution in [2.75, 3.05) is 0 Å². The van der Waals surface area contributed by atoms with Crippen LogP contribution in [0.3, 0.4) is 0 Å². The van der Waals surface area contributed by atoms with Gasteiger partial charge in [0.15, 0.2) is 0 Å². The van der Waals surface area contributed by atoms with E-state index in [0.717, 1.165) is 35.7 Å². The summed E-state index contributed by atoms with van der Waals surface area (Å²) >= 11 is 5.37. The lowest BCUT2D eigenvalue weighted by molar-refractivity contribution is -0.143. The lowest BCUT2D eigenvalue weighted by Gasteiger charge is -2.25. The Morgan fingerprint density at radius 2 is 2.00 bits per heavy atom. The summed E-state index contributed by atoms with van der Waals surface area (Å²) < 4.78 is 1.01. The number of carboxylic acids is 1. The number of thioether (sulfide) groups is 1. The molecule has 2 rings (SSSR count). The molecule has 0 aliphatic heterocycles. The highest BCUT2D eigenvalue weighted by Crippen LogP contribution is 2.43. The standard InChI is InChI=1S/C15H19BrO2S/c1-10(2)19-13-6-5-11(9-12(13)16)15(14(17)18)7-3-4-8-15/h5-6,9-10H,3-4,7-8H2,1-2H3,(H,17,18). The van der Waals surface area contributed by atoms with E-state index in [1.807, 2.05) is 18.2 Å². The smallest absolute Gasteiger partial charge is 0.314 e. The van der Waals surface area contributed by atoms with E-state index in [-0.39, 0.29) is 0 Å². The van der Waals surface area contributed by atoms with Crippen LogP contribution in [0.4, 0.5) is 0 Å². The molecule has 0 saturated heterocycles. The molecule has 19 heavy (non-hydrogen) atoms. The van der Waals surface area contributed by atoms with Gasteiger partial charge in [0.1, 0.15) is 0 Å². The molecule has 1 aliphatic carbocycles. The minimum Gasteiger partial charge on any atom is -0.481 e. The molecule has 1 aromatic rings. The van der Waals surface area contributed by atoms with Crippen LogP contribution in [-0.4, -0.2) is 16.3 Å². The highest BCUT2D eigenvalue weighted by Gasteiger charge is 2.43. The van der Waals surface area contributed by atoms with Crippen LogP contribution >= 0.6 is 27.7 Å². The second-order valence-electron chi connectivity index (χ2n) is 5.41. The monoisotopic (exact) mass is 342 g/mol. The van der Waals surface area contributed by atoms with Crippen molar-refractivity contribution in [3.63, 3.8) is 0 Å². The van der Waals surface area contributed by atoms with Gasteiger partial charge >= 0.3 is 5.97 Å². The van der Waals surface area contributed by atoms with Crippen molar-refractivity contribution in [2.24, 2.45) is 0 Å². The van der Waals surface area contributed by atoms with Gasteiger partial charge in [0.05, 0.1) is 5.41 Å². The van der Waals surface area contributed by atoms with Gasteiger partial charge in [0, 0.05) is 14.6 Å². The number of hydrogen-bond donors (Lipinski definition) is 1. The normalized spacial score (nSPS) is 17.9. The van der Waals surface area contributed by atoms with E-state index >= 15 is 0 Å². The second-order valence-corrected chi connectivity index (χ2v) is 7.88. The van der Waals surface area contributed by atoms with Crippen molar-refractivity contribution in [3.8, 4) is 0 Å². The van der Waals surface area contributed by atoms with E-state index in [2.05, 4.69) is 29.8 Å². The van der Waals surface area contributed by atoms with Crippen molar-refractivity contribution in [2.45, 2.75) is 55.1 Å². The quantitative estimate of drug-likeness (QED) is 0.795. The van der Waals surface area contributed by atoms with Gasteiger partial charge in [-0.1, -0.05) is 32.8 Å². The molecular formula is C15H19BrO2S. The number of hydrogen-bond acceptors (Lipinski definition) is 2. The van der Waals surface area contributed by atoms with Gasteiger partial charge in [-0.05, 0) is 46.5 Å². The number of carbonyl (C=O) groups is 1. The summed E-state index contributed by atoms with van der Waals surface area (Å²) in [5.74, 6) is -0.679. The van der Waals surface area contributed by atoms with Crippen LogP contribution in [-0.2, 0) is 10.2 Å². The first-order chi connectivity index (χ1) is 8.95. The molecule has 104 valence electrons. The Labute approximate surface area is 127 Å². The van der Waals surface area contributed by atoms with Crippen LogP contribution in [0.2, 0.25) is 0 Å².